The van der Waals surface area contributed by atoms with Gasteiger partial charge in [-0.05, 0) is 29.8 Å². The Morgan fingerprint density at radius 1 is 1.12 bits per heavy atom. The number of nitriles is 1. The van der Waals surface area contributed by atoms with Crippen LogP contribution in [-0.2, 0) is 4.74 Å². The topological polar surface area (TPSA) is 127 Å². The molecule has 0 bridgehead atoms. The quantitative estimate of drug-likeness (QED) is 0.454. The number of nitrogens with two attached hydrogens (primary N) is 1. The molecular weight excluding hydrogens is 420 g/mol. The lowest BCUT2D eigenvalue weighted by atomic mass is 9.86. The molecule has 1 atom stereocenters. The number of hydrogen-bond donors (Lipinski definition) is 2. The Morgan fingerprint density at radius 3 is 2.67 bits per heavy atom. The van der Waals surface area contributed by atoms with Crippen molar-refractivity contribution in [2.24, 2.45) is 5.73 Å². The van der Waals surface area contributed by atoms with E-state index < -0.39 is 11.9 Å². The molecule has 0 aliphatic carbocycles. The van der Waals surface area contributed by atoms with Gasteiger partial charge < -0.3 is 19.6 Å². The van der Waals surface area contributed by atoms with Crippen LogP contribution >= 0.6 is 0 Å². The van der Waals surface area contributed by atoms with E-state index in [0.717, 1.165) is 5.56 Å². The lowest BCUT2D eigenvalue weighted by Crippen LogP contribution is -2.20. The Morgan fingerprint density at radius 2 is 1.91 bits per heavy atom. The van der Waals surface area contributed by atoms with E-state index in [1.165, 1.54) is 7.11 Å². The number of hydrogen-bond acceptors (Lipinski definition) is 7. The van der Waals surface area contributed by atoms with Crippen molar-refractivity contribution in [1.82, 2.24) is 10.2 Å². The van der Waals surface area contributed by atoms with Crippen LogP contribution in [0, 0.1) is 11.3 Å². The third-order valence-corrected chi connectivity index (χ3v) is 5.48. The maximum absolute atomic E-state index is 11.9. The van der Waals surface area contributed by atoms with Gasteiger partial charge in [-0.1, -0.05) is 42.5 Å². The molecule has 5 rings (SSSR count). The Labute approximate surface area is 188 Å². The normalized spacial score (nSPS) is 14.8. The molecule has 8 heteroatoms. The summed E-state index contributed by atoms with van der Waals surface area (Å²) in [7, 11) is 1.33. The molecule has 0 fully saturated rings. The van der Waals surface area contributed by atoms with Gasteiger partial charge in [0.15, 0.2) is 0 Å². The van der Waals surface area contributed by atoms with Crippen LogP contribution < -0.4 is 10.5 Å². The highest BCUT2D eigenvalue weighted by Gasteiger charge is 2.37. The zero-order valence-corrected chi connectivity index (χ0v) is 17.5. The number of aromatic amines is 1. The SMILES string of the molecule is COC(=O)c1cccc(-c2ccc(C3C(C#N)=C(N)Oc4n[nH]c(-c5ccccc5)c43)o2)c1. The van der Waals surface area contributed by atoms with Gasteiger partial charge in [-0.2, -0.15) is 5.26 Å². The summed E-state index contributed by atoms with van der Waals surface area (Å²) in [4.78, 5) is 11.9. The third-order valence-electron chi connectivity index (χ3n) is 5.48. The fraction of sp³-hybridized carbons (Fsp3) is 0.0800. The van der Waals surface area contributed by atoms with Crippen molar-refractivity contribution >= 4 is 5.97 Å². The molecule has 33 heavy (non-hydrogen) atoms. The van der Waals surface area contributed by atoms with E-state index in [-0.39, 0.29) is 11.5 Å². The van der Waals surface area contributed by atoms with Crippen molar-refractivity contribution in [2.45, 2.75) is 5.92 Å². The number of nitrogens with zero attached hydrogens (tertiary/aromatic N) is 2. The number of H-pyrrole nitrogens is 1. The summed E-state index contributed by atoms with van der Waals surface area (Å²) in [5.41, 5.74) is 9.64. The number of allylic oxidation sites excluding steroid dienone is 1. The van der Waals surface area contributed by atoms with Crippen LogP contribution in [0.2, 0.25) is 0 Å². The molecule has 0 saturated heterocycles. The molecular formula is C25H18N4O4. The standard InChI is InChI=1S/C25H18N4O4/c1-31-25(30)16-9-5-8-15(12-16)18-10-11-19(32-18)20-17(13-26)23(27)33-24-21(20)22(28-29-24)14-6-3-2-4-7-14/h2-12,20H,27H2,1H3,(H,28,29). The van der Waals surface area contributed by atoms with Crippen LogP contribution in [0.5, 0.6) is 5.88 Å². The lowest BCUT2D eigenvalue weighted by molar-refractivity contribution is 0.0601. The van der Waals surface area contributed by atoms with Crippen LogP contribution in [0.25, 0.3) is 22.6 Å². The van der Waals surface area contributed by atoms with E-state index in [9.17, 15) is 10.1 Å². The van der Waals surface area contributed by atoms with Crippen molar-refractivity contribution < 1.29 is 18.7 Å². The first-order valence-corrected chi connectivity index (χ1v) is 10.1. The molecule has 1 aliphatic heterocycles. The Bertz CT molecular complexity index is 1430. The van der Waals surface area contributed by atoms with E-state index in [1.807, 2.05) is 36.4 Å². The number of fused-ring (bicyclic) bond motifs is 1. The number of nitrogens with one attached hydrogen (secondary N) is 1. The van der Waals surface area contributed by atoms with Gasteiger partial charge in [-0.15, -0.1) is 5.10 Å². The molecule has 4 aromatic rings. The number of aromatic nitrogens is 2. The number of furan rings is 1. The van der Waals surface area contributed by atoms with Crippen LogP contribution in [0.15, 0.2) is 82.6 Å². The van der Waals surface area contributed by atoms with E-state index >= 15 is 0 Å². The summed E-state index contributed by atoms with van der Waals surface area (Å²) in [5.74, 6) is 0.240. The summed E-state index contributed by atoms with van der Waals surface area (Å²) < 4.78 is 16.6. The Hall–Kier alpha value is -4.77. The number of benzene rings is 2. The fourth-order valence-electron chi connectivity index (χ4n) is 3.93. The second-order valence-corrected chi connectivity index (χ2v) is 7.38. The highest BCUT2D eigenvalue weighted by Crippen LogP contribution is 2.46. The van der Waals surface area contributed by atoms with Crippen LogP contribution in [0.3, 0.4) is 0 Å². The molecule has 1 unspecified atom stereocenters. The molecule has 0 saturated carbocycles. The molecule has 3 N–H and O–H groups in total. The predicted octanol–water partition coefficient (Wildman–Crippen LogP) is 4.34. The van der Waals surface area contributed by atoms with Gasteiger partial charge in [-0.25, -0.2) is 4.79 Å². The van der Waals surface area contributed by atoms with Gasteiger partial charge in [0.2, 0.25) is 11.8 Å². The molecule has 8 nitrogen and oxygen atoms in total. The monoisotopic (exact) mass is 438 g/mol. The van der Waals surface area contributed by atoms with Crippen molar-refractivity contribution in [1.29, 1.82) is 5.26 Å². The van der Waals surface area contributed by atoms with E-state index in [1.54, 1.807) is 30.3 Å². The van der Waals surface area contributed by atoms with Crippen LogP contribution in [0.4, 0.5) is 0 Å². The van der Waals surface area contributed by atoms with Gasteiger partial charge in [0, 0.05) is 5.56 Å². The molecule has 2 aromatic carbocycles. The number of rotatable bonds is 4. The number of ether oxygens (including phenoxy) is 2. The average Bonchev–Trinajstić information content (AvgIpc) is 3.51. The highest BCUT2D eigenvalue weighted by atomic mass is 16.5. The van der Waals surface area contributed by atoms with Gasteiger partial charge in [-0.3, -0.25) is 5.10 Å². The third kappa shape index (κ3) is 3.42. The largest absolute Gasteiger partial charge is 0.465 e. The number of carbonyl (C=O) groups is 1. The fourth-order valence-corrected chi connectivity index (χ4v) is 3.93. The first kappa shape index (κ1) is 20.2. The zero-order valence-electron chi connectivity index (χ0n) is 17.5. The van der Waals surface area contributed by atoms with Gasteiger partial charge >= 0.3 is 5.97 Å². The maximum atomic E-state index is 11.9. The molecule has 2 aromatic heterocycles. The van der Waals surface area contributed by atoms with E-state index in [2.05, 4.69) is 16.3 Å². The highest BCUT2D eigenvalue weighted by molar-refractivity contribution is 5.90. The average molecular weight is 438 g/mol. The van der Waals surface area contributed by atoms with Crippen molar-refractivity contribution in [2.75, 3.05) is 7.11 Å². The first-order chi connectivity index (χ1) is 16.1. The number of esters is 1. The minimum atomic E-state index is -0.620. The molecule has 3 heterocycles. The molecule has 0 amide bonds. The second kappa shape index (κ2) is 8.05. The maximum Gasteiger partial charge on any atom is 0.337 e. The van der Waals surface area contributed by atoms with E-state index in [0.29, 0.717) is 39.8 Å². The second-order valence-electron chi connectivity index (χ2n) is 7.38. The smallest absolute Gasteiger partial charge is 0.337 e. The van der Waals surface area contributed by atoms with Crippen molar-refractivity contribution in [3.63, 3.8) is 0 Å². The first-order valence-electron chi connectivity index (χ1n) is 10.1. The number of methoxy groups -OCH3 is 1. The summed E-state index contributed by atoms with van der Waals surface area (Å²) >= 11 is 0. The summed E-state index contributed by atoms with van der Waals surface area (Å²) in [5, 5.41) is 17.1. The zero-order chi connectivity index (χ0) is 22.9. The van der Waals surface area contributed by atoms with Gasteiger partial charge in [0.1, 0.15) is 23.2 Å². The predicted molar refractivity (Wildman–Crippen MR) is 119 cm³/mol. The lowest BCUT2D eigenvalue weighted by Gasteiger charge is -2.22. The molecule has 0 radical (unpaired) electrons. The van der Waals surface area contributed by atoms with Gasteiger partial charge in [0.05, 0.1) is 29.8 Å². The summed E-state index contributed by atoms with van der Waals surface area (Å²) in [6, 6.07) is 22.3. The summed E-state index contributed by atoms with van der Waals surface area (Å²) in [6.45, 7) is 0. The van der Waals surface area contributed by atoms with Crippen molar-refractivity contribution in [3.05, 3.63) is 95.1 Å². The van der Waals surface area contributed by atoms with Gasteiger partial charge in [0.25, 0.3) is 0 Å². The minimum absolute atomic E-state index is 0.0215. The molecule has 0 spiro atoms. The molecule has 1 aliphatic rings. The van der Waals surface area contributed by atoms with E-state index in [4.69, 9.17) is 19.6 Å². The Balaban J connectivity index is 1.62. The van der Waals surface area contributed by atoms with Crippen molar-refractivity contribution in [3.8, 4) is 34.5 Å². The van der Waals surface area contributed by atoms with Crippen LogP contribution in [-0.4, -0.2) is 23.3 Å². The molecule has 162 valence electrons. The number of carbonyl (C=O) groups excluding carboxylic acids is 1. The summed E-state index contributed by atoms with van der Waals surface area (Å²) in [6.07, 6.45) is 0. The minimum Gasteiger partial charge on any atom is -0.465 e. The Kier molecular flexibility index (Phi) is 4.92. The van der Waals surface area contributed by atoms with Crippen LogP contribution in [0.1, 0.15) is 27.6 Å².